The zero-order valence-corrected chi connectivity index (χ0v) is 13.4. The number of nitrogens with one attached hydrogen (secondary N) is 1. The fourth-order valence-corrected chi connectivity index (χ4v) is 2.71. The Bertz CT molecular complexity index is 651. The van der Waals surface area contributed by atoms with Crippen molar-refractivity contribution in [3.05, 3.63) is 53.9 Å². The van der Waals surface area contributed by atoms with Gasteiger partial charge in [0, 0.05) is 25.8 Å². The molecule has 0 unspecified atom stereocenters. The molecule has 120 valence electrons. The lowest BCUT2D eigenvalue weighted by molar-refractivity contribution is 0.0691. The van der Waals surface area contributed by atoms with Crippen LogP contribution in [0.15, 0.2) is 42.6 Å². The molecule has 5 heteroatoms. The second-order valence-corrected chi connectivity index (χ2v) is 6.08. The molecule has 1 amide bonds. The van der Waals surface area contributed by atoms with E-state index in [2.05, 4.69) is 22.2 Å². The topological polar surface area (TPSA) is 58.1 Å². The van der Waals surface area contributed by atoms with Crippen LogP contribution in [-0.2, 0) is 6.54 Å². The van der Waals surface area contributed by atoms with E-state index in [0.29, 0.717) is 24.1 Å². The summed E-state index contributed by atoms with van der Waals surface area (Å²) in [5.41, 5.74) is 1.61. The summed E-state index contributed by atoms with van der Waals surface area (Å²) in [5, 5.41) is 3.17. The molecule has 1 aliphatic heterocycles. The average molecular weight is 310 g/mol. The Morgan fingerprint density at radius 2 is 1.96 bits per heavy atom. The van der Waals surface area contributed by atoms with Crippen molar-refractivity contribution in [2.24, 2.45) is 5.92 Å². The lowest BCUT2D eigenvalue weighted by Gasteiger charge is -2.30. The number of hydrogen-bond donors (Lipinski definition) is 1. The predicted octanol–water partition coefficient (Wildman–Crippen LogP) is 2.96. The zero-order chi connectivity index (χ0) is 16.1. The van der Waals surface area contributed by atoms with Gasteiger partial charge in [0.2, 0.25) is 5.95 Å². The number of piperidine rings is 1. The Balaban J connectivity index is 1.64. The molecular formula is C18H22N4O. The molecule has 0 saturated carbocycles. The molecule has 1 aliphatic rings. The van der Waals surface area contributed by atoms with Crippen molar-refractivity contribution in [2.45, 2.75) is 26.3 Å². The van der Waals surface area contributed by atoms with Crippen LogP contribution in [0, 0.1) is 5.92 Å². The molecule has 2 aromatic rings. The number of likely N-dealkylation sites (tertiary alicyclic amines) is 1. The zero-order valence-electron chi connectivity index (χ0n) is 13.4. The molecule has 23 heavy (non-hydrogen) atoms. The third-order valence-electron chi connectivity index (χ3n) is 4.24. The summed E-state index contributed by atoms with van der Waals surface area (Å²) >= 11 is 0. The first-order valence-corrected chi connectivity index (χ1v) is 8.12. The largest absolute Gasteiger partial charge is 0.350 e. The van der Waals surface area contributed by atoms with Gasteiger partial charge in [-0.25, -0.2) is 9.97 Å². The predicted molar refractivity (Wildman–Crippen MR) is 90.1 cm³/mol. The van der Waals surface area contributed by atoms with Crippen LogP contribution in [0.4, 0.5) is 5.95 Å². The molecule has 2 heterocycles. The standard InChI is InChI=1S/C18H22N4O/c1-14-8-11-22(12-9-14)17(23)16-7-10-19-18(21-16)20-13-15-5-3-2-4-6-15/h2-7,10,14H,8-9,11-13H2,1H3,(H,19,20,21). The number of anilines is 1. The van der Waals surface area contributed by atoms with Crippen LogP contribution in [-0.4, -0.2) is 33.9 Å². The van der Waals surface area contributed by atoms with Crippen molar-refractivity contribution < 1.29 is 4.79 Å². The van der Waals surface area contributed by atoms with Crippen LogP contribution in [0.2, 0.25) is 0 Å². The Morgan fingerprint density at radius 3 is 2.70 bits per heavy atom. The summed E-state index contributed by atoms with van der Waals surface area (Å²) in [5.74, 6) is 1.19. The number of hydrogen-bond acceptors (Lipinski definition) is 4. The highest BCUT2D eigenvalue weighted by Crippen LogP contribution is 2.17. The molecule has 1 saturated heterocycles. The Labute approximate surface area is 136 Å². The van der Waals surface area contributed by atoms with Gasteiger partial charge in [0.1, 0.15) is 5.69 Å². The first-order chi connectivity index (χ1) is 11.2. The molecule has 0 bridgehead atoms. The monoisotopic (exact) mass is 310 g/mol. The fraction of sp³-hybridized carbons (Fsp3) is 0.389. The molecule has 0 spiro atoms. The number of rotatable bonds is 4. The average Bonchev–Trinajstić information content (AvgIpc) is 2.61. The fourth-order valence-electron chi connectivity index (χ4n) is 2.71. The van der Waals surface area contributed by atoms with Gasteiger partial charge in [-0.15, -0.1) is 0 Å². The number of aromatic nitrogens is 2. The van der Waals surface area contributed by atoms with Crippen LogP contribution < -0.4 is 5.32 Å². The van der Waals surface area contributed by atoms with E-state index in [0.717, 1.165) is 31.5 Å². The summed E-state index contributed by atoms with van der Waals surface area (Å²) in [6.07, 6.45) is 3.77. The van der Waals surface area contributed by atoms with Crippen molar-refractivity contribution in [1.29, 1.82) is 0 Å². The number of nitrogens with zero attached hydrogens (tertiary/aromatic N) is 3. The molecule has 0 aliphatic carbocycles. The van der Waals surface area contributed by atoms with Crippen molar-refractivity contribution in [3.63, 3.8) is 0 Å². The van der Waals surface area contributed by atoms with Gasteiger partial charge in [-0.2, -0.15) is 0 Å². The maximum Gasteiger partial charge on any atom is 0.272 e. The van der Waals surface area contributed by atoms with Gasteiger partial charge < -0.3 is 10.2 Å². The number of carbonyl (C=O) groups is 1. The van der Waals surface area contributed by atoms with Gasteiger partial charge in [0.25, 0.3) is 5.91 Å². The van der Waals surface area contributed by atoms with E-state index >= 15 is 0 Å². The van der Waals surface area contributed by atoms with E-state index in [-0.39, 0.29) is 5.91 Å². The Hall–Kier alpha value is -2.43. The van der Waals surface area contributed by atoms with Crippen LogP contribution in [0.25, 0.3) is 0 Å². The van der Waals surface area contributed by atoms with Gasteiger partial charge in [-0.05, 0) is 30.4 Å². The van der Waals surface area contributed by atoms with Gasteiger partial charge in [0.05, 0.1) is 0 Å². The van der Waals surface area contributed by atoms with Gasteiger partial charge in [-0.1, -0.05) is 37.3 Å². The first-order valence-electron chi connectivity index (χ1n) is 8.12. The first kappa shape index (κ1) is 15.5. The molecule has 5 nitrogen and oxygen atoms in total. The third-order valence-corrected chi connectivity index (χ3v) is 4.24. The number of carbonyl (C=O) groups excluding carboxylic acids is 1. The van der Waals surface area contributed by atoms with Crippen LogP contribution >= 0.6 is 0 Å². The van der Waals surface area contributed by atoms with Gasteiger partial charge in [-0.3, -0.25) is 4.79 Å². The second-order valence-electron chi connectivity index (χ2n) is 6.08. The van der Waals surface area contributed by atoms with Crippen LogP contribution in [0.3, 0.4) is 0 Å². The van der Waals surface area contributed by atoms with Crippen molar-refractivity contribution in [3.8, 4) is 0 Å². The number of amides is 1. The maximum absolute atomic E-state index is 12.5. The Morgan fingerprint density at radius 1 is 1.22 bits per heavy atom. The molecule has 1 aromatic carbocycles. The van der Waals surface area contributed by atoms with Crippen molar-refractivity contribution >= 4 is 11.9 Å². The highest BCUT2D eigenvalue weighted by Gasteiger charge is 2.22. The highest BCUT2D eigenvalue weighted by molar-refractivity contribution is 5.92. The molecule has 1 fully saturated rings. The third kappa shape index (κ3) is 4.06. The van der Waals surface area contributed by atoms with Crippen molar-refractivity contribution in [1.82, 2.24) is 14.9 Å². The van der Waals surface area contributed by atoms with Crippen molar-refractivity contribution in [2.75, 3.05) is 18.4 Å². The quantitative estimate of drug-likeness (QED) is 0.943. The van der Waals surface area contributed by atoms with E-state index in [1.54, 1.807) is 12.3 Å². The second kappa shape index (κ2) is 7.22. The summed E-state index contributed by atoms with van der Waals surface area (Å²) in [4.78, 5) is 23.0. The minimum Gasteiger partial charge on any atom is -0.350 e. The molecule has 0 atom stereocenters. The Kier molecular flexibility index (Phi) is 4.86. The molecule has 0 radical (unpaired) electrons. The molecule has 1 aromatic heterocycles. The summed E-state index contributed by atoms with van der Waals surface area (Å²) < 4.78 is 0. The highest BCUT2D eigenvalue weighted by atomic mass is 16.2. The van der Waals surface area contributed by atoms with E-state index in [1.165, 1.54) is 0 Å². The lowest BCUT2D eigenvalue weighted by atomic mass is 9.99. The van der Waals surface area contributed by atoms with Crippen LogP contribution in [0.5, 0.6) is 0 Å². The van der Waals surface area contributed by atoms with E-state index in [1.807, 2.05) is 35.2 Å². The van der Waals surface area contributed by atoms with E-state index in [4.69, 9.17) is 0 Å². The smallest absolute Gasteiger partial charge is 0.272 e. The summed E-state index contributed by atoms with van der Waals surface area (Å²) in [6.45, 7) is 4.51. The summed E-state index contributed by atoms with van der Waals surface area (Å²) in [7, 11) is 0. The molecule has 1 N–H and O–H groups in total. The number of benzene rings is 1. The molecular weight excluding hydrogens is 288 g/mol. The normalized spacial score (nSPS) is 15.4. The van der Waals surface area contributed by atoms with E-state index < -0.39 is 0 Å². The maximum atomic E-state index is 12.5. The summed E-state index contributed by atoms with van der Waals surface area (Å²) in [6, 6.07) is 11.7. The minimum atomic E-state index is 0.00191. The minimum absolute atomic E-state index is 0.00191. The van der Waals surface area contributed by atoms with Crippen LogP contribution in [0.1, 0.15) is 35.8 Å². The van der Waals surface area contributed by atoms with E-state index in [9.17, 15) is 4.79 Å². The lowest BCUT2D eigenvalue weighted by Crippen LogP contribution is -2.38. The molecule has 3 rings (SSSR count). The SMILES string of the molecule is CC1CCN(C(=O)c2ccnc(NCc3ccccc3)n2)CC1. The van der Waals surface area contributed by atoms with Gasteiger partial charge >= 0.3 is 0 Å². The van der Waals surface area contributed by atoms with Gasteiger partial charge in [0.15, 0.2) is 0 Å².